The van der Waals surface area contributed by atoms with Crippen LogP contribution in [0.4, 0.5) is 5.69 Å². The molecule has 2 aromatic rings. The first kappa shape index (κ1) is 15.3. The molecule has 0 aliphatic rings. The summed E-state index contributed by atoms with van der Waals surface area (Å²) >= 11 is 14.0. The molecular formula is C16H15Cl2NS. The van der Waals surface area contributed by atoms with Crippen molar-refractivity contribution in [2.75, 3.05) is 11.1 Å². The van der Waals surface area contributed by atoms with Gasteiger partial charge in [-0.2, -0.15) is 0 Å². The van der Waals surface area contributed by atoms with Crippen LogP contribution in [0.15, 0.2) is 60.0 Å². The average Bonchev–Trinajstić information content (AvgIpc) is 2.47. The molecule has 4 heteroatoms. The molecule has 0 bridgehead atoms. The minimum absolute atomic E-state index is 0.584. The van der Waals surface area contributed by atoms with Gasteiger partial charge in [-0.15, -0.1) is 18.3 Å². The molecule has 0 aliphatic carbocycles. The van der Waals surface area contributed by atoms with Crippen molar-refractivity contribution in [2.24, 2.45) is 0 Å². The number of rotatable bonds is 6. The molecule has 20 heavy (non-hydrogen) atoms. The third-order valence-corrected chi connectivity index (χ3v) is 4.67. The van der Waals surface area contributed by atoms with Crippen molar-refractivity contribution in [3.05, 3.63) is 70.7 Å². The van der Waals surface area contributed by atoms with Crippen molar-refractivity contribution < 1.29 is 0 Å². The summed E-state index contributed by atoms with van der Waals surface area (Å²) in [5.74, 6) is 0.886. The highest BCUT2D eigenvalue weighted by atomic mass is 35.5. The molecule has 0 unspecified atom stereocenters. The Balaban J connectivity index is 2.10. The van der Waals surface area contributed by atoms with Gasteiger partial charge in [0.2, 0.25) is 0 Å². The van der Waals surface area contributed by atoms with Gasteiger partial charge in [-0.05, 0) is 23.8 Å². The average molecular weight is 324 g/mol. The Bertz CT molecular complexity index is 599. The third kappa shape index (κ3) is 3.95. The second kappa shape index (κ2) is 7.63. The lowest BCUT2D eigenvalue weighted by Crippen LogP contribution is -2.01. The number of halogens is 2. The molecule has 0 aromatic heterocycles. The van der Waals surface area contributed by atoms with Crippen molar-refractivity contribution in [3.8, 4) is 0 Å². The monoisotopic (exact) mass is 323 g/mol. The maximum absolute atomic E-state index is 6.19. The van der Waals surface area contributed by atoms with Crippen LogP contribution in [0.3, 0.4) is 0 Å². The van der Waals surface area contributed by atoms with Gasteiger partial charge in [-0.3, -0.25) is 0 Å². The SMILES string of the molecule is C=CCSc1ccccc1NCc1cccc(Cl)c1Cl. The highest BCUT2D eigenvalue weighted by molar-refractivity contribution is 7.99. The van der Waals surface area contributed by atoms with Crippen molar-refractivity contribution in [1.29, 1.82) is 0 Å². The van der Waals surface area contributed by atoms with E-state index in [2.05, 4.69) is 24.0 Å². The van der Waals surface area contributed by atoms with Gasteiger partial charge in [0.25, 0.3) is 0 Å². The molecule has 104 valence electrons. The molecule has 0 saturated carbocycles. The van der Waals surface area contributed by atoms with Crippen molar-refractivity contribution >= 4 is 40.7 Å². The largest absolute Gasteiger partial charge is 0.380 e. The van der Waals surface area contributed by atoms with E-state index in [1.165, 1.54) is 4.90 Å². The molecule has 0 heterocycles. The van der Waals surface area contributed by atoms with E-state index in [1.54, 1.807) is 17.8 Å². The zero-order valence-corrected chi connectivity index (χ0v) is 13.2. The summed E-state index contributed by atoms with van der Waals surface area (Å²) in [5, 5.41) is 4.60. The van der Waals surface area contributed by atoms with E-state index in [1.807, 2.05) is 30.3 Å². The van der Waals surface area contributed by atoms with Crippen LogP contribution in [-0.2, 0) is 6.54 Å². The molecular weight excluding hydrogens is 309 g/mol. The van der Waals surface area contributed by atoms with Crippen molar-refractivity contribution in [1.82, 2.24) is 0 Å². The number of nitrogens with one attached hydrogen (secondary N) is 1. The van der Waals surface area contributed by atoms with E-state index >= 15 is 0 Å². The molecule has 0 saturated heterocycles. The summed E-state index contributed by atoms with van der Waals surface area (Å²) in [5.41, 5.74) is 2.08. The Morgan fingerprint density at radius 2 is 1.90 bits per heavy atom. The van der Waals surface area contributed by atoms with Crippen LogP contribution >= 0.6 is 35.0 Å². The second-order valence-electron chi connectivity index (χ2n) is 4.16. The van der Waals surface area contributed by atoms with Gasteiger partial charge in [-0.25, -0.2) is 0 Å². The number of para-hydroxylation sites is 1. The van der Waals surface area contributed by atoms with Gasteiger partial charge in [0.05, 0.1) is 10.0 Å². The first-order valence-corrected chi connectivity index (χ1v) is 7.96. The van der Waals surface area contributed by atoms with E-state index in [9.17, 15) is 0 Å². The lowest BCUT2D eigenvalue weighted by molar-refractivity contribution is 1.13. The van der Waals surface area contributed by atoms with E-state index in [4.69, 9.17) is 23.2 Å². The Morgan fingerprint density at radius 3 is 2.70 bits per heavy atom. The Morgan fingerprint density at radius 1 is 1.10 bits per heavy atom. The highest BCUT2D eigenvalue weighted by Gasteiger charge is 2.06. The van der Waals surface area contributed by atoms with Crippen LogP contribution < -0.4 is 5.32 Å². The normalized spacial score (nSPS) is 10.3. The summed E-state index contributed by atoms with van der Waals surface area (Å²) in [6.45, 7) is 4.39. The molecule has 0 fully saturated rings. The minimum atomic E-state index is 0.584. The van der Waals surface area contributed by atoms with E-state index in [0.717, 1.165) is 17.0 Å². The zero-order chi connectivity index (χ0) is 14.4. The Labute approximate surface area is 134 Å². The number of hydrogen-bond donors (Lipinski definition) is 1. The Kier molecular flexibility index (Phi) is 5.84. The number of thioether (sulfide) groups is 1. The van der Waals surface area contributed by atoms with Gasteiger partial charge in [0.1, 0.15) is 0 Å². The molecule has 2 rings (SSSR count). The molecule has 0 aliphatic heterocycles. The third-order valence-electron chi connectivity index (χ3n) is 2.74. The predicted molar refractivity (Wildman–Crippen MR) is 91.2 cm³/mol. The smallest absolute Gasteiger partial charge is 0.0642 e. The summed E-state index contributed by atoms with van der Waals surface area (Å²) in [6, 6.07) is 13.9. The molecule has 2 aromatic carbocycles. The lowest BCUT2D eigenvalue weighted by Gasteiger charge is -2.12. The molecule has 0 amide bonds. The fourth-order valence-electron chi connectivity index (χ4n) is 1.76. The minimum Gasteiger partial charge on any atom is -0.380 e. The summed E-state index contributed by atoms with van der Waals surface area (Å²) in [6.07, 6.45) is 1.90. The molecule has 0 atom stereocenters. The van der Waals surface area contributed by atoms with Crippen LogP contribution in [-0.4, -0.2) is 5.75 Å². The van der Waals surface area contributed by atoms with Gasteiger partial charge in [0.15, 0.2) is 0 Å². The quantitative estimate of drug-likeness (QED) is 0.526. The lowest BCUT2D eigenvalue weighted by atomic mass is 10.2. The summed E-state index contributed by atoms with van der Waals surface area (Å²) < 4.78 is 0. The molecule has 1 nitrogen and oxygen atoms in total. The standard InChI is InChI=1S/C16H15Cl2NS/c1-2-10-20-15-9-4-3-8-14(15)19-11-12-6-5-7-13(17)16(12)18/h2-9,19H,1,10-11H2. The first-order chi connectivity index (χ1) is 9.72. The van der Waals surface area contributed by atoms with Crippen LogP contribution in [0.1, 0.15) is 5.56 Å². The van der Waals surface area contributed by atoms with Crippen LogP contribution in [0, 0.1) is 0 Å². The maximum Gasteiger partial charge on any atom is 0.0642 e. The number of benzene rings is 2. The van der Waals surface area contributed by atoms with Crippen molar-refractivity contribution in [2.45, 2.75) is 11.4 Å². The van der Waals surface area contributed by atoms with Crippen molar-refractivity contribution in [3.63, 3.8) is 0 Å². The fraction of sp³-hybridized carbons (Fsp3) is 0.125. The van der Waals surface area contributed by atoms with Crippen LogP contribution in [0.2, 0.25) is 10.0 Å². The first-order valence-electron chi connectivity index (χ1n) is 6.22. The number of hydrogen-bond acceptors (Lipinski definition) is 2. The Hall–Kier alpha value is -1.09. The van der Waals surface area contributed by atoms with E-state index < -0.39 is 0 Å². The number of anilines is 1. The van der Waals surface area contributed by atoms with Gasteiger partial charge in [-0.1, -0.05) is 53.5 Å². The topological polar surface area (TPSA) is 12.0 Å². The van der Waals surface area contributed by atoms with E-state index in [0.29, 0.717) is 16.6 Å². The van der Waals surface area contributed by atoms with Gasteiger partial charge < -0.3 is 5.32 Å². The van der Waals surface area contributed by atoms with E-state index in [-0.39, 0.29) is 0 Å². The highest BCUT2D eigenvalue weighted by Crippen LogP contribution is 2.29. The van der Waals surface area contributed by atoms with Gasteiger partial charge in [0, 0.05) is 22.9 Å². The maximum atomic E-state index is 6.19. The van der Waals surface area contributed by atoms with Crippen LogP contribution in [0.5, 0.6) is 0 Å². The van der Waals surface area contributed by atoms with Crippen LogP contribution in [0.25, 0.3) is 0 Å². The predicted octanol–water partition coefficient (Wildman–Crippen LogP) is 5.88. The summed E-state index contributed by atoms with van der Waals surface area (Å²) in [4.78, 5) is 1.20. The fourth-order valence-corrected chi connectivity index (χ4v) is 2.92. The van der Waals surface area contributed by atoms with Gasteiger partial charge >= 0.3 is 0 Å². The molecule has 0 spiro atoms. The second-order valence-corrected chi connectivity index (χ2v) is 6.01. The zero-order valence-electron chi connectivity index (χ0n) is 10.9. The molecule has 0 radical (unpaired) electrons. The summed E-state index contributed by atoms with van der Waals surface area (Å²) in [7, 11) is 0. The molecule has 1 N–H and O–H groups in total.